The van der Waals surface area contributed by atoms with Gasteiger partial charge in [0.15, 0.2) is 9.84 Å². The molecule has 32 heavy (non-hydrogen) atoms. The molecule has 0 fully saturated rings. The van der Waals surface area contributed by atoms with Crippen molar-refractivity contribution in [2.75, 3.05) is 11.6 Å². The predicted octanol–water partition coefficient (Wildman–Crippen LogP) is 5.71. The first-order valence-corrected chi connectivity index (χ1v) is 12.1. The number of nitrogens with one attached hydrogen (secondary N) is 2. The lowest BCUT2D eigenvalue weighted by Crippen LogP contribution is -2.13. The molecule has 0 saturated carbocycles. The number of sulfone groups is 1. The molecule has 2 N–H and O–H groups in total. The Labute approximate surface area is 195 Å². The van der Waals surface area contributed by atoms with Crippen molar-refractivity contribution < 1.29 is 13.2 Å². The summed E-state index contributed by atoms with van der Waals surface area (Å²) in [6.45, 7) is 0. The number of aromatic amines is 1. The number of amides is 1. The van der Waals surface area contributed by atoms with Crippen LogP contribution >= 0.6 is 23.2 Å². The van der Waals surface area contributed by atoms with E-state index >= 15 is 0 Å². The average Bonchev–Trinajstić information content (AvgIpc) is 3.25. The second kappa shape index (κ2) is 8.78. The van der Waals surface area contributed by atoms with Gasteiger partial charge in [0, 0.05) is 17.5 Å². The summed E-state index contributed by atoms with van der Waals surface area (Å²) in [4.78, 5) is 20.4. The molecule has 1 amide bonds. The van der Waals surface area contributed by atoms with Crippen molar-refractivity contribution in [3.63, 3.8) is 0 Å². The van der Waals surface area contributed by atoms with Crippen molar-refractivity contribution in [2.45, 2.75) is 4.90 Å². The van der Waals surface area contributed by atoms with Gasteiger partial charge >= 0.3 is 0 Å². The molecule has 0 aliphatic rings. The Morgan fingerprint density at radius 2 is 1.72 bits per heavy atom. The number of benzene rings is 3. The van der Waals surface area contributed by atoms with Crippen LogP contribution in [0.25, 0.3) is 22.6 Å². The average molecular weight is 486 g/mol. The molecule has 0 saturated heterocycles. The zero-order valence-corrected chi connectivity index (χ0v) is 19.1. The molecule has 9 heteroatoms. The molecule has 0 radical (unpaired) electrons. The lowest BCUT2D eigenvalue weighted by atomic mass is 10.1. The monoisotopic (exact) mass is 485 g/mol. The lowest BCUT2D eigenvalue weighted by Gasteiger charge is -2.10. The lowest BCUT2D eigenvalue weighted by molar-refractivity contribution is 0.102. The molecule has 1 aromatic heterocycles. The molecule has 1 heterocycles. The third-order valence-corrected chi connectivity index (χ3v) is 6.51. The number of hydrogen-bond donors (Lipinski definition) is 2. The van der Waals surface area contributed by atoms with Crippen LogP contribution in [0.3, 0.4) is 0 Å². The number of aromatic nitrogens is 2. The van der Waals surface area contributed by atoms with Crippen molar-refractivity contribution in [1.82, 2.24) is 9.97 Å². The highest BCUT2D eigenvalue weighted by molar-refractivity contribution is 7.90. The molecule has 162 valence electrons. The highest BCUT2D eigenvalue weighted by Crippen LogP contribution is 2.31. The minimum absolute atomic E-state index is 0.0400. The minimum Gasteiger partial charge on any atom is -0.338 e. The van der Waals surface area contributed by atoms with Gasteiger partial charge in [0.25, 0.3) is 5.91 Å². The highest BCUT2D eigenvalue weighted by Gasteiger charge is 2.16. The summed E-state index contributed by atoms with van der Waals surface area (Å²) in [6.07, 6.45) is 2.79. The number of halogens is 2. The topological polar surface area (TPSA) is 91.9 Å². The number of H-pyrrole nitrogens is 1. The molecule has 6 nitrogen and oxygen atoms in total. The van der Waals surface area contributed by atoms with Gasteiger partial charge in [-0.1, -0.05) is 53.5 Å². The molecular formula is C23H17Cl2N3O3S. The van der Waals surface area contributed by atoms with Gasteiger partial charge in [-0.2, -0.15) is 0 Å². The normalized spacial score (nSPS) is 11.3. The molecule has 0 unspecified atom stereocenters. The third kappa shape index (κ3) is 4.70. The van der Waals surface area contributed by atoms with Crippen LogP contribution in [0.1, 0.15) is 10.4 Å². The Hall–Kier alpha value is -3.13. The van der Waals surface area contributed by atoms with Crippen molar-refractivity contribution in [2.24, 2.45) is 0 Å². The molecule has 3 aromatic carbocycles. The number of hydrogen-bond acceptors (Lipinski definition) is 4. The van der Waals surface area contributed by atoms with E-state index in [4.69, 9.17) is 23.2 Å². The molecule has 0 bridgehead atoms. The smallest absolute Gasteiger partial charge is 0.257 e. The molecule has 0 aliphatic heterocycles. The van der Waals surface area contributed by atoms with Crippen LogP contribution in [0.15, 0.2) is 77.8 Å². The summed E-state index contributed by atoms with van der Waals surface area (Å²) in [7, 11) is -3.43. The fraction of sp³-hybridized carbons (Fsp3) is 0.0435. The summed E-state index contributed by atoms with van der Waals surface area (Å²) in [5, 5.41) is 3.27. The maximum absolute atomic E-state index is 12.7. The van der Waals surface area contributed by atoms with Gasteiger partial charge in [-0.15, -0.1) is 0 Å². The fourth-order valence-corrected chi connectivity index (χ4v) is 4.30. The Balaban J connectivity index is 1.60. The first kappa shape index (κ1) is 22.1. The zero-order chi connectivity index (χ0) is 22.9. The van der Waals surface area contributed by atoms with Crippen molar-refractivity contribution in [3.05, 3.63) is 88.5 Å². The van der Waals surface area contributed by atoms with E-state index in [2.05, 4.69) is 15.3 Å². The maximum atomic E-state index is 12.7. The maximum Gasteiger partial charge on any atom is 0.257 e. The molecule has 0 atom stereocenters. The van der Waals surface area contributed by atoms with Gasteiger partial charge < -0.3 is 10.3 Å². The minimum atomic E-state index is -3.43. The van der Waals surface area contributed by atoms with Gasteiger partial charge in [0.2, 0.25) is 0 Å². The van der Waals surface area contributed by atoms with Gasteiger partial charge in [-0.25, -0.2) is 13.4 Å². The summed E-state index contributed by atoms with van der Waals surface area (Å²) in [6, 6.07) is 18.7. The van der Waals surface area contributed by atoms with Gasteiger partial charge in [0.1, 0.15) is 5.82 Å². The fourth-order valence-electron chi connectivity index (χ4n) is 3.12. The number of carbonyl (C=O) groups is 1. The van der Waals surface area contributed by atoms with Gasteiger partial charge in [-0.3, -0.25) is 4.79 Å². The van der Waals surface area contributed by atoms with Crippen LogP contribution in [-0.2, 0) is 9.84 Å². The van der Waals surface area contributed by atoms with Crippen LogP contribution in [0.2, 0.25) is 10.0 Å². The van der Waals surface area contributed by atoms with Crippen molar-refractivity contribution in [1.29, 1.82) is 0 Å². The molecular weight excluding hydrogens is 469 g/mol. The largest absolute Gasteiger partial charge is 0.338 e. The zero-order valence-electron chi connectivity index (χ0n) is 16.8. The van der Waals surface area contributed by atoms with Crippen molar-refractivity contribution >= 4 is 44.6 Å². The molecule has 0 aliphatic carbocycles. The Morgan fingerprint density at radius 1 is 0.969 bits per heavy atom. The predicted molar refractivity (Wildman–Crippen MR) is 127 cm³/mol. The van der Waals surface area contributed by atoms with E-state index in [9.17, 15) is 13.2 Å². The van der Waals surface area contributed by atoms with Crippen LogP contribution in [-0.4, -0.2) is 30.5 Å². The number of imidazole rings is 1. The van der Waals surface area contributed by atoms with E-state index in [-0.39, 0.29) is 15.5 Å². The van der Waals surface area contributed by atoms with Gasteiger partial charge in [0.05, 0.1) is 32.4 Å². The second-order valence-electron chi connectivity index (χ2n) is 7.07. The summed E-state index contributed by atoms with van der Waals surface area (Å²) >= 11 is 12.5. The number of anilines is 1. The van der Waals surface area contributed by atoms with E-state index in [1.54, 1.807) is 24.4 Å². The quantitative estimate of drug-likeness (QED) is 0.378. The van der Waals surface area contributed by atoms with Crippen LogP contribution in [0.4, 0.5) is 5.69 Å². The summed E-state index contributed by atoms with van der Waals surface area (Å²) in [5.74, 6) is 0.0771. The second-order valence-corrected chi connectivity index (χ2v) is 9.90. The molecule has 4 rings (SSSR count). The van der Waals surface area contributed by atoms with Crippen LogP contribution in [0, 0.1) is 0 Å². The van der Waals surface area contributed by atoms with Gasteiger partial charge in [-0.05, 0) is 42.0 Å². The van der Waals surface area contributed by atoms with E-state index in [1.807, 2.05) is 30.3 Å². The molecule has 0 spiro atoms. The third-order valence-electron chi connectivity index (χ3n) is 4.75. The van der Waals surface area contributed by atoms with E-state index < -0.39 is 15.7 Å². The SMILES string of the molecule is CS(=O)(=O)c1ccc(C(=O)Nc2ccc(Cl)c(-c3ncc(-c4ccccc4)[nH]3)c2)c(Cl)c1. The summed E-state index contributed by atoms with van der Waals surface area (Å²) in [5.41, 5.74) is 3.07. The Morgan fingerprint density at radius 3 is 2.41 bits per heavy atom. The van der Waals surface area contributed by atoms with Crippen LogP contribution < -0.4 is 5.32 Å². The van der Waals surface area contributed by atoms with E-state index in [0.717, 1.165) is 17.5 Å². The van der Waals surface area contributed by atoms with Crippen molar-refractivity contribution in [3.8, 4) is 22.6 Å². The number of carbonyl (C=O) groups excluding carboxylic acids is 1. The number of nitrogens with zero attached hydrogens (tertiary/aromatic N) is 1. The number of rotatable bonds is 5. The first-order chi connectivity index (χ1) is 15.2. The van der Waals surface area contributed by atoms with E-state index in [0.29, 0.717) is 22.1 Å². The first-order valence-electron chi connectivity index (χ1n) is 9.44. The van der Waals surface area contributed by atoms with Crippen LogP contribution in [0.5, 0.6) is 0 Å². The van der Waals surface area contributed by atoms with E-state index in [1.165, 1.54) is 18.2 Å². The molecule has 4 aromatic rings. The summed E-state index contributed by atoms with van der Waals surface area (Å²) < 4.78 is 23.3. The highest BCUT2D eigenvalue weighted by atomic mass is 35.5. The Kier molecular flexibility index (Phi) is 6.06. The standard InChI is InChI=1S/C23H17Cl2N3O3S/c1-32(30,31)16-8-9-17(20(25)12-16)23(29)27-15-7-10-19(24)18(11-15)22-26-13-21(28-22)14-5-3-2-4-6-14/h2-13H,1H3,(H,26,28)(H,27,29). The Bertz CT molecular complexity index is 1420.